The molecule has 0 aromatic heterocycles. The lowest BCUT2D eigenvalue weighted by Crippen LogP contribution is -2.23. The maximum absolute atomic E-state index is 11.5. The molecule has 1 rings (SSSR count). The Kier molecular flexibility index (Phi) is 6.52. The first kappa shape index (κ1) is 16.0. The molecule has 0 fully saturated rings. The van der Waals surface area contributed by atoms with E-state index in [1.54, 1.807) is 38.2 Å². The molecule has 0 saturated carbocycles. The lowest BCUT2D eigenvalue weighted by atomic mass is 10.2. The zero-order chi connectivity index (χ0) is 15.0. The number of amides is 2. The highest BCUT2D eigenvalue weighted by Crippen LogP contribution is 2.16. The number of nitrogens with two attached hydrogens (primary N) is 1. The largest absolute Gasteiger partial charge is 0.493 e. The first-order valence-corrected chi connectivity index (χ1v) is 6.50. The second kappa shape index (κ2) is 8.16. The molecule has 0 spiro atoms. The number of hydrogen-bond donors (Lipinski definition) is 3. The molecule has 4 N–H and O–H groups in total. The van der Waals surface area contributed by atoms with Crippen LogP contribution >= 0.6 is 0 Å². The predicted molar refractivity (Wildman–Crippen MR) is 77.5 cm³/mol. The van der Waals surface area contributed by atoms with Crippen LogP contribution in [0.25, 0.3) is 0 Å². The fraction of sp³-hybridized carbons (Fsp3) is 0.429. The Hall–Kier alpha value is -2.08. The number of anilines is 1. The van der Waals surface area contributed by atoms with E-state index in [4.69, 9.17) is 10.5 Å². The molecule has 0 aliphatic rings. The van der Waals surface area contributed by atoms with Crippen LogP contribution in [0.1, 0.15) is 19.8 Å². The zero-order valence-corrected chi connectivity index (χ0v) is 11.8. The summed E-state index contributed by atoms with van der Waals surface area (Å²) >= 11 is 0. The molecule has 1 aromatic carbocycles. The van der Waals surface area contributed by atoms with Gasteiger partial charge >= 0.3 is 0 Å². The molecule has 0 bridgehead atoms. The van der Waals surface area contributed by atoms with Gasteiger partial charge in [-0.25, -0.2) is 0 Å². The van der Waals surface area contributed by atoms with Gasteiger partial charge in [0, 0.05) is 25.2 Å². The summed E-state index contributed by atoms with van der Waals surface area (Å²) in [6.07, 6.45) is 0.591. The Balaban J connectivity index is 2.40. The molecular weight excluding hydrogens is 258 g/mol. The van der Waals surface area contributed by atoms with Gasteiger partial charge in [-0.15, -0.1) is 0 Å². The molecule has 6 heteroatoms. The number of ether oxygens (including phenoxy) is 1. The van der Waals surface area contributed by atoms with Gasteiger partial charge in [0.25, 0.3) is 0 Å². The summed E-state index contributed by atoms with van der Waals surface area (Å²) in [5.74, 6) is 0.470. The van der Waals surface area contributed by atoms with E-state index in [0.717, 1.165) is 0 Å². The molecule has 20 heavy (non-hydrogen) atoms. The van der Waals surface area contributed by atoms with E-state index >= 15 is 0 Å². The number of nitrogens with one attached hydrogen (secondary N) is 2. The first-order valence-electron chi connectivity index (χ1n) is 6.50. The summed E-state index contributed by atoms with van der Waals surface area (Å²) in [6.45, 7) is 2.10. The lowest BCUT2D eigenvalue weighted by molar-refractivity contribution is -0.121. The van der Waals surface area contributed by atoms with Crippen LogP contribution in [0.2, 0.25) is 0 Å². The highest BCUT2D eigenvalue weighted by molar-refractivity contribution is 5.91. The normalized spacial score (nSPS) is 11.6. The van der Waals surface area contributed by atoms with Crippen molar-refractivity contribution >= 4 is 17.5 Å². The van der Waals surface area contributed by atoms with Crippen LogP contribution in [-0.4, -0.2) is 31.5 Å². The van der Waals surface area contributed by atoms with Gasteiger partial charge in [-0.05, 0) is 31.2 Å². The number of hydrogen-bond acceptors (Lipinski definition) is 4. The van der Waals surface area contributed by atoms with Gasteiger partial charge in [0.2, 0.25) is 11.8 Å². The monoisotopic (exact) mass is 279 g/mol. The number of carbonyl (C=O) groups is 2. The molecule has 110 valence electrons. The summed E-state index contributed by atoms with van der Waals surface area (Å²) in [6, 6.07) is 6.81. The average Bonchev–Trinajstić information content (AvgIpc) is 2.39. The van der Waals surface area contributed by atoms with Crippen molar-refractivity contribution < 1.29 is 14.3 Å². The summed E-state index contributed by atoms with van der Waals surface area (Å²) in [7, 11) is 1.59. The van der Waals surface area contributed by atoms with Crippen molar-refractivity contribution in [2.45, 2.75) is 25.8 Å². The van der Waals surface area contributed by atoms with Crippen LogP contribution in [0.15, 0.2) is 24.3 Å². The fourth-order valence-corrected chi connectivity index (χ4v) is 1.53. The molecular formula is C14H21N3O3. The standard InChI is InChI=1S/C14H21N3O3/c1-10(15)9-14(19)17-11-3-5-12(6-4-11)20-8-7-13(18)16-2/h3-6,10H,7-9,15H2,1-2H3,(H,16,18)(H,17,19). The summed E-state index contributed by atoms with van der Waals surface area (Å²) < 4.78 is 5.41. The van der Waals surface area contributed by atoms with Crippen molar-refractivity contribution in [2.24, 2.45) is 5.73 Å². The van der Waals surface area contributed by atoms with Crippen molar-refractivity contribution in [3.63, 3.8) is 0 Å². The van der Waals surface area contributed by atoms with Crippen molar-refractivity contribution in [1.82, 2.24) is 5.32 Å². The smallest absolute Gasteiger partial charge is 0.225 e. The quantitative estimate of drug-likeness (QED) is 0.690. The molecule has 0 aliphatic carbocycles. The van der Waals surface area contributed by atoms with Crippen LogP contribution in [0.4, 0.5) is 5.69 Å². The van der Waals surface area contributed by atoms with Crippen LogP contribution < -0.4 is 21.1 Å². The Morgan fingerprint density at radius 3 is 2.45 bits per heavy atom. The van der Waals surface area contributed by atoms with E-state index in [0.29, 0.717) is 24.5 Å². The maximum atomic E-state index is 11.5. The Bertz CT molecular complexity index is 443. The van der Waals surface area contributed by atoms with Crippen LogP contribution in [0.5, 0.6) is 5.75 Å². The molecule has 2 amide bonds. The summed E-state index contributed by atoms with van der Waals surface area (Å²) in [5.41, 5.74) is 6.24. The predicted octanol–water partition coefficient (Wildman–Crippen LogP) is 0.877. The third kappa shape index (κ3) is 6.19. The van der Waals surface area contributed by atoms with Gasteiger partial charge in [-0.3, -0.25) is 9.59 Å². The topological polar surface area (TPSA) is 93.5 Å². The zero-order valence-electron chi connectivity index (χ0n) is 11.8. The molecule has 1 unspecified atom stereocenters. The van der Waals surface area contributed by atoms with Crippen LogP contribution in [0, 0.1) is 0 Å². The van der Waals surface area contributed by atoms with Crippen molar-refractivity contribution in [3.05, 3.63) is 24.3 Å². The van der Waals surface area contributed by atoms with Crippen molar-refractivity contribution in [1.29, 1.82) is 0 Å². The van der Waals surface area contributed by atoms with Crippen molar-refractivity contribution in [3.8, 4) is 5.75 Å². The minimum atomic E-state index is -0.165. The average molecular weight is 279 g/mol. The molecule has 6 nitrogen and oxygen atoms in total. The fourth-order valence-electron chi connectivity index (χ4n) is 1.53. The minimum Gasteiger partial charge on any atom is -0.493 e. The SMILES string of the molecule is CNC(=O)CCOc1ccc(NC(=O)CC(C)N)cc1. The van der Waals surface area contributed by atoms with E-state index in [1.807, 2.05) is 0 Å². The molecule has 0 saturated heterocycles. The third-order valence-electron chi connectivity index (χ3n) is 2.52. The van der Waals surface area contributed by atoms with Crippen LogP contribution in [0.3, 0.4) is 0 Å². The van der Waals surface area contributed by atoms with Gasteiger partial charge in [0.15, 0.2) is 0 Å². The van der Waals surface area contributed by atoms with E-state index < -0.39 is 0 Å². The van der Waals surface area contributed by atoms with Gasteiger partial charge in [-0.1, -0.05) is 0 Å². The van der Waals surface area contributed by atoms with E-state index in [1.165, 1.54) is 0 Å². The minimum absolute atomic E-state index is 0.0650. The highest BCUT2D eigenvalue weighted by Gasteiger charge is 2.05. The van der Waals surface area contributed by atoms with Gasteiger partial charge in [0.05, 0.1) is 13.0 Å². The summed E-state index contributed by atoms with van der Waals surface area (Å²) in [5, 5.41) is 5.27. The summed E-state index contributed by atoms with van der Waals surface area (Å²) in [4.78, 5) is 22.5. The van der Waals surface area contributed by atoms with Gasteiger partial charge in [-0.2, -0.15) is 0 Å². The van der Waals surface area contributed by atoms with Gasteiger partial charge in [0.1, 0.15) is 5.75 Å². The number of rotatable bonds is 7. The van der Waals surface area contributed by atoms with Crippen LogP contribution in [-0.2, 0) is 9.59 Å². The van der Waals surface area contributed by atoms with E-state index in [9.17, 15) is 9.59 Å². The second-order valence-electron chi connectivity index (χ2n) is 4.53. The highest BCUT2D eigenvalue weighted by atomic mass is 16.5. The maximum Gasteiger partial charge on any atom is 0.225 e. The molecule has 0 aliphatic heterocycles. The Morgan fingerprint density at radius 2 is 1.90 bits per heavy atom. The Labute approximate surface area is 118 Å². The molecule has 0 heterocycles. The van der Waals surface area contributed by atoms with E-state index in [2.05, 4.69) is 10.6 Å². The first-order chi connectivity index (χ1) is 9.51. The lowest BCUT2D eigenvalue weighted by Gasteiger charge is -2.09. The number of benzene rings is 1. The molecule has 1 aromatic rings. The molecule has 0 radical (unpaired) electrons. The van der Waals surface area contributed by atoms with Crippen molar-refractivity contribution in [2.75, 3.05) is 19.0 Å². The van der Waals surface area contributed by atoms with Gasteiger partial charge < -0.3 is 21.1 Å². The Morgan fingerprint density at radius 1 is 1.25 bits per heavy atom. The van der Waals surface area contributed by atoms with E-state index in [-0.39, 0.29) is 24.3 Å². The molecule has 1 atom stereocenters. The third-order valence-corrected chi connectivity index (χ3v) is 2.52. The number of carbonyl (C=O) groups excluding carboxylic acids is 2. The second-order valence-corrected chi connectivity index (χ2v) is 4.53.